The maximum atomic E-state index is 12.6. The molecule has 7 nitrogen and oxygen atoms in total. The second kappa shape index (κ2) is 9.14. The second-order valence-corrected chi connectivity index (χ2v) is 8.63. The van der Waals surface area contributed by atoms with Crippen LogP contribution in [-0.4, -0.2) is 52.5 Å². The number of carbonyl (C=O) groups excluding carboxylic acids is 1. The second-order valence-electron chi connectivity index (χ2n) is 8.00. The monoisotopic (exact) mass is 479 g/mol. The van der Waals surface area contributed by atoms with Crippen molar-refractivity contribution in [1.82, 2.24) is 13.9 Å². The molecule has 1 aliphatic heterocycles. The summed E-state index contributed by atoms with van der Waals surface area (Å²) in [7, 11) is 3.88. The summed E-state index contributed by atoms with van der Waals surface area (Å²) in [6.07, 6.45) is -3.41. The van der Waals surface area contributed by atoms with Crippen molar-refractivity contribution in [2.45, 2.75) is 18.6 Å². The van der Waals surface area contributed by atoms with E-state index in [-0.39, 0.29) is 12.4 Å². The van der Waals surface area contributed by atoms with E-state index in [4.69, 9.17) is 9.72 Å². The zero-order chi connectivity index (χ0) is 23.8. The standard InChI is InChI=1S/C22H24F3N5O2S/c1-28-19-11-15(5-8-18(19)27-21(28)30-10-9-16(12-30)29(2)33)26-20(31)13-32-17-6-3-14(4-7-17)22(23,24)25/h3-8,11,16,33H,9-10,12-13H2,1-2H3,(H,26,31). The Morgan fingerprint density at radius 3 is 2.64 bits per heavy atom. The highest BCUT2D eigenvalue weighted by atomic mass is 32.1. The van der Waals surface area contributed by atoms with Gasteiger partial charge in [-0.15, -0.1) is 0 Å². The summed E-state index contributed by atoms with van der Waals surface area (Å²) in [4.78, 5) is 19.2. The van der Waals surface area contributed by atoms with Crippen LogP contribution in [0.15, 0.2) is 42.5 Å². The number of rotatable bonds is 6. The van der Waals surface area contributed by atoms with E-state index in [1.54, 1.807) is 6.07 Å². The van der Waals surface area contributed by atoms with Gasteiger partial charge in [0.25, 0.3) is 5.91 Å². The molecule has 0 saturated carbocycles. The maximum absolute atomic E-state index is 12.6. The van der Waals surface area contributed by atoms with Crippen LogP contribution in [0.1, 0.15) is 12.0 Å². The van der Waals surface area contributed by atoms with Crippen molar-refractivity contribution in [3.8, 4) is 5.75 Å². The molecule has 0 aliphatic carbocycles. The highest BCUT2D eigenvalue weighted by molar-refractivity contribution is 7.77. The molecule has 4 rings (SSSR count). The predicted octanol–water partition coefficient (Wildman–Crippen LogP) is 3.96. The summed E-state index contributed by atoms with van der Waals surface area (Å²) in [5.74, 6) is 0.619. The average molecular weight is 480 g/mol. The third-order valence-electron chi connectivity index (χ3n) is 5.67. The number of anilines is 2. The van der Waals surface area contributed by atoms with E-state index in [0.29, 0.717) is 11.7 Å². The zero-order valence-electron chi connectivity index (χ0n) is 18.1. The van der Waals surface area contributed by atoms with Gasteiger partial charge in [-0.2, -0.15) is 13.2 Å². The number of alkyl halides is 3. The molecule has 0 spiro atoms. The quantitative estimate of drug-likeness (QED) is 0.524. The Morgan fingerprint density at radius 1 is 1.27 bits per heavy atom. The Balaban J connectivity index is 1.39. The molecule has 3 aromatic rings. The molecular formula is C22H24F3N5O2S. The normalized spacial score (nSPS) is 16.6. The number of carbonyl (C=O) groups is 1. The molecule has 176 valence electrons. The van der Waals surface area contributed by atoms with Crippen LogP contribution in [0.4, 0.5) is 24.8 Å². The lowest BCUT2D eigenvalue weighted by Gasteiger charge is -2.20. The van der Waals surface area contributed by atoms with Crippen LogP contribution in [0.25, 0.3) is 11.0 Å². The van der Waals surface area contributed by atoms with E-state index in [9.17, 15) is 18.0 Å². The van der Waals surface area contributed by atoms with Crippen LogP contribution in [0.2, 0.25) is 0 Å². The minimum absolute atomic E-state index is 0.181. The molecular weight excluding hydrogens is 455 g/mol. The topological polar surface area (TPSA) is 62.6 Å². The number of halogens is 3. The van der Waals surface area contributed by atoms with E-state index in [0.717, 1.165) is 48.6 Å². The summed E-state index contributed by atoms with van der Waals surface area (Å²) in [6.45, 7) is 1.39. The maximum Gasteiger partial charge on any atom is 0.416 e. The summed E-state index contributed by atoms with van der Waals surface area (Å²) in [5, 5.41) is 2.75. The van der Waals surface area contributed by atoms with Crippen molar-refractivity contribution in [3.05, 3.63) is 48.0 Å². The summed E-state index contributed by atoms with van der Waals surface area (Å²) < 4.78 is 47.1. The number of ether oxygens (including phenoxy) is 1. The van der Waals surface area contributed by atoms with Gasteiger partial charge in [-0.25, -0.2) is 4.98 Å². The number of aromatic nitrogens is 2. The first-order valence-electron chi connectivity index (χ1n) is 10.3. The Hall–Kier alpha value is -2.92. The number of hydrogen-bond acceptors (Lipinski definition) is 6. The number of likely N-dealkylation sites (N-methyl/N-ethyl adjacent to an activating group) is 1. The van der Waals surface area contributed by atoms with Crippen molar-refractivity contribution in [2.24, 2.45) is 7.05 Å². The Bertz CT molecular complexity index is 1150. The van der Waals surface area contributed by atoms with Gasteiger partial charge in [0.2, 0.25) is 5.95 Å². The molecule has 1 unspecified atom stereocenters. The number of nitrogens with one attached hydrogen (secondary N) is 1. The van der Waals surface area contributed by atoms with Crippen LogP contribution < -0.4 is 15.0 Å². The molecule has 1 atom stereocenters. The van der Waals surface area contributed by atoms with Crippen LogP contribution >= 0.6 is 12.8 Å². The fourth-order valence-corrected chi connectivity index (χ4v) is 4.04. The van der Waals surface area contributed by atoms with Crippen LogP contribution in [-0.2, 0) is 18.0 Å². The Labute approximate surface area is 194 Å². The number of fused-ring (bicyclic) bond motifs is 1. The fraction of sp³-hybridized carbons (Fsp3) is 0.364. The van der Waals surface area contributed by atoms with Crippen LogP contribution in [0.3, 0.4) is 0 Å². The number of thiol groups is 1. The molecule has 1 aromatic heterocycles. The van der Waals surface area contributed by atoms with Gasteiger partial charge in [0.05, 0.1) is 16.6 Å². The van der Waals surface area contributed by atoms with Gasteiger partial charge < -0.3 is 19.5 Å². The first kappa shape index (κ1) is 23.2. The van der Waals surface area contributed by atoms with Crippen molar-refractivity contribution in [3.63, 3.8) is 0 Å². The number of aryl methyl sites for hydroxylation is 1. The molecule has 0 bridgehead atoms. The lowest BCUT2D eigenvalue weighted by Crippen LogP contribution is -2.29. The molecule has 1 fully saturated rings. The van der Waals surface area contributed by atoms with Gasteiger partial charge in [-0.3, -0.25) is 9.10 Å². The molecule has 0 radical (unpaired) electrons. The lowest BCUT2D eigenvalue weighted by atomic mass is 10.2. The summed E-state index contributed by atoms with van der Waals surface area (Å²) in [6, 6.07) is 9.98. The minimum atomic E-state index is -4.42. The fourth-order valence-electron chi connectivity index (χ4n) is 3.85. The number of amides is 1. The Kier molecular flexibility index (Phi) is 6.44. The van der Waals surface area contributed by atoms with Gasteiger partial charge >= 0.3 is 6.18 Å². The molecule has 1 saturated heterocycles. The third kappa shape index (κ3) is 5.19. The van der Waals surface area contributed by atoms with Crippen molar-refractivity contribution >= 4 is 41.4 Å². The van der Waals surface area contributed by atoms with Gasteiger partial charge in [0, 0.05) is 31.9 Å². The van der Waals surface area contributed by atoms with Crippen LogP contribution in [0.5, 0.6) is 5.75 Å². The SMILES string of the molecule is CN(S)C1CCN(c2nc3ccc(NC(=O)COc4ccc(C(F)(F)F)cc4)cc3n2C)C1. The number of benzene rings is 2. The summed E-state index contributed by atoms with van der Waals surface area (Å²) >= 11 is 4.41. The largest absolute Gasteiger partial charge is 0.484 e. The van der Waals surface area contributed by atoms with E-state index < -0.39 is 17.6 Å². The van der Waals surface area contributed by atoms with E-state index in [2.05, 4.69) is 23.0 Å². The van der Waals surface area contributed by atoms with Gasteiger partial charge in [-0.05, 0) is 55.9 Å². The first-order valence-corrected chi connectivity index (χ1v) is 10.7. The number of imidazole rings is 1. The highest BCUT2D eigenvalue weighted by Crippen LogP contribution is 2.30. The molecule has 11 heteroatoms. The van der Waals surface area contributed by atoms with Crippen molar-refractivity contribution < 1.29 is 22.7 Å². The van der Waals surface area contributed by atoms with Crippen molar-refractivity contribution in [1.29, 1.82) is 0 Å². The summed E-state index contributed by atoms with van der Waals surface area (Å²) in [5.41, 5.74) is 1.49. The van der Waals surface area contributed by atoms with Gasteiger partial charge in [-0.1, -0.05) is 12.8 Å². The minimum Gasteiger partial charge on any atom is -0.484 e. The lowest BCUT2D eigenvalue weighted by molar-refractivity contribution is -0.137. The molecule has 1 aliphatic rings. The van der Waals surface area contributed by atoms with E-state index in [1.165, 1.54) is 12.1 Å². The predicted molar refractivity (Wildman–Crippen MR) is 124 cm³/mol. The smallest absolute Gasteiger partial charge is 0.416 e. The van der Waals surface area contributed by atoms with E-state index in [1.807, 2.05) is 35.1 Å². The Morgan fingerprint density at radius 2 is 2.00 bits per heavy atom. The zero-order valence-corrected chi connectivity index (χ0v) is 19.0. The molecule has 1 N–H and O–H groups in total. The first-order chi connectivity index (χ1) is 15.6. The van der Waals surface area contributed by atoms with E-state index >= 15 is 0 Å². The highest BCUT2D eigenvalue weighted by Gasteiger charge is 2.30. The van der Waals surface area contributed by atoms with Gasteiger partial charge in [0.15, 0.2) is 6.61 Å². The number of nitrogens with zero attached hydrogens (tertiary/aromatic N) is 4. The number of hydrogen-bond donors (Lipinski definition) is 2. The molecule has 2 aromatic carbocycles. The van der Waals surface area contributed by atoms with Crippen LogP contribution in [0, 0.1) is 0 Å². The van der Waals surface area contributed by atoms with Gasteiger partial charge in [0.1, 0.15) is 5.75 Å². The molecule has 1 amide bonds. The molecule has 33 heavy (non-hydrogen) atoms. The van der Waals surface area contributed by atoms with Crippen molar-refractivity contribution in [2.75, 3.05) is 37.0 Å². The molecule has 2 heterocycles. The average Bonchev–Trinajstić information content (AvgIpc) is 3.37. The third-order valence-corrected chi connectivity index (χ3v) is 5.99.